The van der Waals surface area contributed by atoms with E-state index in [1.807, 2.05) is 31.2 Å². The van der Waals surface area contributed by atoms with Crippen molar-refractivity contribution in [1.29, 1.82) is 0 Å². The Bertz CT molecular complexity index is 625. The molecule has 0 saturated heterocycles. The van der Waals surface area contributed by atoms with Gasteiger partial charge >= 0.3 is 0 Å². The fourth-order valence-corrected chi connectivity index (χ4v) is 2.26. The molecule has 116 valence electrons. The van der Waals surface area contributed by atoms with Gasteiger partial charge in [-0.2, -0.15) is 0 Å². The third-order valence-corrected chi connectivity index (χ3v) is 3.51. The summed E-state index contributed by atoms with van der Waals surface area (Å²) in [7, 11) is 1.62. The summed E-state index contributed by atoms with van der Waals surface area (Å²) in [5.74, 6) is 0.463. The largest absolute Gasteiger partial charge is 0.497 e. The molecule has 2 aromatic rings. The van der Waals surface area contributed by atoms with E-state index in [0.717, 1.165) is 11.3 Å². The minimum Gasteiger partial charge on any atom is -0.497 e. The van der Waals surface area contributed by atoms with Crippen LogP contribution in [0.15, 0.2) is 48.5 Å². The van der Waals surface area contributed by atoms with E-state index < -0.39 is 0 Å². The molecule has 0 fully saturated rings. The van der Waals surface area contributed by atoms with Crippen LogP contribution in [0.3, 0.4) is 0 Å². The lowest BCUT2D eigenvalue weighted by molar-refractivity contribution is -0.130. The van der Waals surface area contributed by atoms with Crippen molar-refractivity contribution in [2.75, 3.05) is 13.7 Å². The van der Waals surface area contributed by atoms with Crippen LogP contribution in [0.2, 0.25) is 0 Å². The summed E-state index contributed by atoms with van der Waals surface area (Å²) < 4.78 is 18.3. The first kappa shape index (κ1) is 16.0. The monoisotopic (exact) mass is 301 g/mol. The summed E-state index contributed by atoms with van der Waals surface area (Å²) in [5, 5.41) is 0. The number of carbonyl (C=O) groups excluding carboxylic acids is 1. The number of amides is 1. The van der Waals surface area contributed by atoms with Crippen molar-refractivity contribution < 1.29 is 13.9 Å². The van der Waals surface area contributed by atoms with Crippen LogP contribution in [0.1, 0.15) is 18.1 Å². The fourth-order valence-electron chi connectivity index (χ4n) is 2.26. The lowest BCUT2D eigenvalue weighted by atomic mass is 10.1. The smallest absolute Gasteiger partial charge is 0.227 e. The summed E-state index contributed by atoms with van der Waals surface area (Å²) in [5.41, 5.74) is 1.73. The summed E-state index contributed by atoms with van der Waals surface area (Å²) >= 11 is 0. The molecule has 0 atom stereocenters. The highest BCUT2D eigenvalue weighted by atomic mass is 19.1. The Labute approximate surface area is 130 Å². The van der Waals surface area contributed by atoms with E-state index in [2.05, 4.69) is 0 Å². The molecule has 1 amide bonds. The number of hydrogen-bond acceptors (Lipinski definition) is 2. The zero-order valence-electron chi connectivity index (χ0n) is 12.9. The minimum absolute atomic E-state index is 0.0103. The molecule has 0 spiro atoms. The van der Waals surface area contributed by atoms with Crippen molar-refractivity contribution in [3.05, 3.63) is 65.5 Å². The second-order valence-corrected chi connectivity index (χ2v) is 5.06. The van der Waals surface area contributed by atoms with Gasteiger partial charge in [-0.15, -0.1) is 0 Å². The molecule has 0 bridgehead atoms. The van der Waals surface area contributed by atoms with Gasteiger partial charge < -0.3 is 9.64 Å². The average Bonchev–Trinajstić information content (AvgIpc) is 2.53. The molecule has 2 rings (SSSR count). The molecular weight excluding hydrogens is 281 g/mol. The van der Waals surface area contributed by atoms with Crippen molar-refractivity contribution in [3.8, 4) is 5.75 Å². The first-order chi connectivity index (χ1) is 10.6. The molecule has 3 nitrogen and oxygen atoms in total. The molecule has 4 heteroatoms. The van der Waals surface area contributed by atoms with Gasteiger partial charge in [-0.3, -0.25) is 4.79 Å². The molecule has 22 heavy (non-hydrogen) atoms. The third kappa shape index (κ3) is 4.32. The Morgan fingerprint density at radius 2 is 1.86 bits per heavy atom. The van der Waals surface area contributed by atoms with E-state index in [0.29, 0.717) is 18.7 Å². The summed E-state index contributed by atoms with van der Waals surface area (Å²) in [6.45, 7) is 3.09. The Kier molecular flexibility index (Phi) is 5.53. The number of nitrogens with zero attached hydrogens (tertiary/aromatic N) is 1. The molecule has 0 N–H and O–H groups in total. The van der Waals surface area contributed by atoms with Crippen LogP contribution in [-0.2, 0) is 17.8 Å². The first-order valence-corrected chi connectivity index (χ1v) is 7.27. The molecule has 0 aliphatic carbocycles. The topological polar surface area (TPSA) is 29.5 Å². The maximum Gasteiger partial charge on any atom is 0.227 e. The molecule has 0 unspecified atom stereocenters. The predicted molar refractivity (Wildman–Crippen MR) is 84.2 cm³/mol. The van der Waals surface area contributed by atoms with E-state index in [1.165, 1.54) is 12.1 Å². The number of ether oxygens (including phenoxy) is 1. The molecule has 0 heterocycles. The maximum atomic E-state index is 13.2. The van der Waals surface area contributed by atoms with Crippen molar-refractivity contribution >= 4 is 5.91 Å². The molecule has 0 radical (unpaired) electrons. The van der Waals surface area contributed by atoms with E-state index in [4.69, 9.17) is 4.74 Å². The second-order valence-electron chi connectivity index (χ2n) is 5.06. The van der Waals surface area contributed by atoms with Gasteiger partial charge in [0, 0.05) is 13.1 Å². The van der Waals surface area contributed by atoms with Crippen LogP contribution in [-0.4, -0.2) is 24.5 Å². The van der Waals surface area contributed by atoms with Gasteiger partial charge in [0.1, 0.15) is 11.6 Å². The highest BCUT2D eigenvalue weighted by molar-refractivity contribution is 5.78. The Hall–Kier alpha value is -2.36. The van der Waals surface area contributed by atoms with Crippen LogP contribution in [0.4, 0.5) is 4.39 Å². The normalized spacial score (nSPS) is 10.3. The van der Waals surface area contributed by atoms with Gasteiger partial charge in [-0.1, -0.05) is 24.3 Å². The lowest BCUT2D eigenvalue weighted by Crippen LogP contribution is -2.31. The van der Waals surface area contributed by atoms with Crippen LogP contribution >= 0.6 is 0 Å². The van der Waals surface area contributed by atoms with Crippen molar-refractivity contribution in [3.63, 3.8) is 0 Å². The molecule has 0 saturated carbocycles. The van der Waals surface area contributed by atoms with E-state index in [9.17, 15) is 9.18 Å². The quantitative estimate of drug-likeness (QED) is 0.818. The molecule has 0 aliphatic rings. The van der Waals surface area contributed by atoms with Gasteiger partial charge in [-0.05, 0) is 42.3 Å². The SMILES string of the molecule is CCN(Cc1ccc(OC)cc1)C(=O)Cc1cccc(F)c1. The minimum atomic E-state index is -0.316. The Balaban J connectivity index is 2.02. The second kappa shape index (κ2) is 7.59. The van der Waals surface area contributed by atoms with Crippen LogP contribution in [0.5, 0.6) is 5.75 Å². The van der Waals surface area contributed by atoms with Gasteiger partial charge in [0.15, 0.2) is 0 Å². The molecule has 2 aromatic carbocycles. The number of methoxy groups -OCH3 is 1. The number of carbonyl (C=O) groups is 1. The lowest BCUT2D eigenvalue weighted by Gasteiger charge is -2.21. The Morgan fingerprint density at radius 1 is 1.14 bits per heavy atom. The highest BCUT2D eigenvalue weighted by Gasteiger charge is 2.13. The standard InChI is InChI=1S/C18H20FNO2/c1-3-20(13-14-7-9-17(22-2)10-8-14)18(21)12-15-5-4-6-16(19)11-15/h4-11H,3,12-13H2,1-2H3. The molecule has 0 aromatic heterocycles. The third-order valence-electron chi connectivity index (χ3n) is 3.51. The van der Waals surface area contributed by atoms with Crippen LogP contribution in [0.25, 0.3) is 0 Å². The predicted octanol–water partition coefficient (Wildman–Crippen LogP) is 3.43. The van der Waals surface area contributed by atoms with Gasteiger partial charge in [0.05, 0.1) is 13.5 Å². The van der Waals surface area contributed by atoms with E-state index in [1.54, 1.807) is 24.1 Å². The fraction of sp³-hybridized carbons (Fsp3) is 0.278. The molecule has 0 aliphatic heterocycles. The molecular formula is C18H20FNO2. The summed E-state index contributed by atoms with van der Waals surface area (Å²) in [6.07, 6.45) is 0.210. The van der Waals surface area contributed by atoms with Crippen LogP contribution < -0.4 is 4.74 Å². The van der Waals surface area contributed by atoms with Crippen molar-refractivity contribution in [2.24, 2.45) is 0 Å². The van der Waals surface area contributed by atoms with Crippen molar-refractivity contribution in [1.82, 2.24) is 4.90 Å². The first-order valence-electron chi connectivity index (χ1n) is 7.27. The zero-order valence-corrected chi connectivity index (χ0v) is 12.9. The Morgan fingerprint density at radius 3 is 2.45 bits per heavy atom. The number of benzene rings is 2. The summed E-state index contributed by atoms with van der Waals surface area (Å²) in [4.78, 5) is 14.1. The number of halogens is 1. The number of rotatable bonds is 6. The van der Waals surface area contributed by atoms with Gasteiger partial charge in [-0.25, -0.2) is 4.39 Å². The van der Waals surface area contributed by atoms with E-state index >= 15 is 0 Å². The van der Waals surface area contributed by atoms with E-state index in [-0.39, 0.29) is 18.1 Å². The number of hydrogen-bond donors (Lipinski definition) is 0. The van der Waals surface area contributed by atoms with Crippen LogP contribution in [0, 0.1) is 5.82 Å². The number of likely N-dealkylation sites (N-methyl/N-ethyl adjacent to an activating group) is 1. The average molecular weight is 301 g/mol. The maximum absolute atomic E-state index is 13.2. The van der Waals surface area contributed by atoms with Gasteiger partial charge in [0.2, 0.25) is 5.91 Å². The van der Waals surface area contributed by atoms with Gasteiger partial charge in [0.25, 0.3) is 0 Å². The highest BCUT2D eigenvalue weighted by Crippen LogP contribution is 2.14. The van der Waals surface area contributed by atoms with Crippen molar-refractivity contribution in [2.45, 2.75) is 19.9 Å². The zero-order chi connectivity index (χ0) is 15.9. The summed E-state index contributed by atoms with van der Waals surface area (Å²) in [6, 6.07) is 13.8.